The highest BCUT2D eigenvalue weighted by atomic mass is 35.5. The summed E-state index contributed by atoms with van der Waals surface area (Å²) in [4.78, 5) is 12.3. The van der Waals surface area contributed by atoms with Crippen molar-refractivity contribution in [3.63, 3.8) is 0 Å². The van der Waals surface area contributed by atoms with Crippen molar-refractivity contribution in [3.8, 4) is 5.75 Å². The highest BCUT2D eigenvalue weighted by Crippen LogP contribution is 2.33. The first kappa shape index (κ1) is 18.4. The number of hydrogen-bond acceptors (Lipinski definition) is 3. The zero-order valence-corrected chi connectivity index (χ0v) is 14.7. The lowest BCUT2D eigenvalue weighted by Gasteiger charge is -2.22. The first-order valence-electron chi connectivity index (χ1n) is 8.13. The van der Waals surface area contributed by atoms with Gasteiger partial charge in [-0.1, -0.05) is 24.4 Å². The lowest BCUT2D eigenvalue weighted by Crippen LogP contribution is -2.48. The lowest BCUT2D eigenvalue weighted by atomic mass is 9.98. The summed E-state index contributed by atoms with van der Waals surface area (Å²) < 4.78 is 5.92. The van der Waals surface area contributed by atoms with E-state index in [1.807, 2.05) is 12.1 Å². The van der Waals surface area contributed by atoms with Crippen LogP contribution in [-0.4, -0.2) is 17.6 Å². The van der Waals surface area contributed by atoms with Crippen LogP contribution in [-0.2, 0) is 4.79 Å². The number of amides is 1. The van der Waals surface area contributed by atoms with Crippen LogP contribution in [0.4, 0.5) is 5.69 Å². The van der Waals surface area contributed by atoms with Crippen LogP contribution in [0.3, 0.4) is 0 Å². The van der Waals surface area contributed by atoms with Crippen molar-refractivity contribution in [1.29, 1.82) is 0 Å². The summed E-state index contributed by atoms with van der Waals surface area (Å²) in [5, 5.41) is 3.41. The molecule has 128 valence electrons. The second kappa shape index (κ2) is 7.73. The number of hydrogen-bond donors (Lipinski definition) is 2. The van der Waals surface area contributed by atoms with Crippen molar-refractivity contribution in [2.45, 2.75) is 63.0 Å². The summed E-state index contributed by atoms with van der Waals surface area (Å²) in [6.45, 7) is 0. The molecule has 2 saturated carbocycles. The van der Waals surface area contributed by atoms with Gasteiger partial charge in [-0.05, 0) is 56.7 Å². The number of halogens is 2. The third-order valence-electron chi connectivity index (χ3n) is 4.73. The molecular weight excluding hydrogens is 335 g/mol. The minimum absolute atomic E-state index is 0. The van der Waals surface area contributed by atoms with Crippen LogP contribution in [0, 0.1) is 0 Å². The van der Waals surface area contributed by atoms with Crippen molar-refractivity contribution in [2.24, 2.45) is 5.73 Å². The third kappa shape index (κ3) is 4.31. The maximum atomic E-state index is 12.3. The smallest absolute Gasteiger partial charge is 0.244 e. The van der Waals surface area contributed by atoms with Gasteiger partial charge in [-0.25, -0.2) is 0 Å². The van der Waals surface area contributed by atoms with E-state index < -0.39 is 5.54 Å². The van der Waals surface area contributed by atoms with Crippen LogP contribution < -0.4 is 15.8 Å². The summed E-state index contributed by atoms with van der Waals surface area (Å²) in [5.41, 5.74) is 6.10. The van der Waals surface area contributed by atoms with Crippen molar-refractivity contribution < 1.29 is 9.53 Å². The topological polar surface area (TPSA) is 64.4 Å². The van der Waals surface area contributed by atoms with E-state index in [9.17, 15) is 4.79 Å². The molecule has 3 rings (SSSR count). The molecule has 0 heterocycles. The number of nitrogens with two attached hydrogens (primary N) is 1. The van der Waals surface area contributed by atoms with Crippen LogP contribution in [0.2, 0.25) is 5.02 Å². The van der Waals surface area contributed by atoms with Gasteiger partial charge in [0.25, 0.3) is 0 Å². The number of ether oxygens (including phenoxy) is 1. The van der Waals surface area contributed by atoms with E-state index >= 15 is 0 Å². The Morgan fingerprint density at radius 2 is 1.87 bits per heavy atom. The molecule has 0 unspecified atom stereocenters. The first-order chi connectivity index (χ1) is 10.6. The highest BCUT2D eigenvalue weighted by Gasteiger charge is 2.37. The van der Waals surface area contributed by atoms with Gasteiger partial charge in [-0.2, -0.15) is 0 Å². The summed E-state index contributed by atoms with van der Waals surface area (Å²) in [7, 11) is 0. The molecule has 0 atom stereocenters. The largest absolute Gasteiger partial charge is 0.489 e. The SMILES string of the molecule is Cl.NC1(C(=O)Nc2ccc(OC3CCCC3)c(Cl)c2)CCCC1. The Morgan fingerprint density at radius 3 is 2.48 bits per heavy atom. The lowest BCUT2D eigenvalue weighted by molar-refractivity contribution is -0.121. The maximum Gasteiger partial charge on any atom is 0.244 e. The molecule has 1 amide bonds. The highest BCUT2D eigenvalue weighted by molar-refractivity contribution is 6.32. The maximum absolute atomic E-state index is 12.3. The average Bonchev–Trinajstić information content (AvgIpc) is 3.14. The molecule has 2 fully saturated rings. The summed E-state index contributed by atoms with van der Waals surface area (Å²) >= 11 is 6.28. The molecule has 1 aromatic rings. The summed E-state index contributed by atoms with van der Waals surface area (Å²) in [6, 6.07) is 5.39. The van der Waals surface area contributed by atoms with E-state index in [4.69, 9.17) is 22.1 Å². The number of anilines is 1. The molecule has 2 aliphatic carbocycles. The van der Waals surface area contributed by atoms with Gasteiger partial charge in [0, 0.05) is 5.69 Å². The fourth-order valence-electron chi connectivity index (χ4n) is 3.35. The van der Waals surface area contributed by atoms with Crippen LogP contribution >= 0.6 is 24.0 Å². The molecule has 6 heteroatoms. The monoisotopic (exact) mass is 358 g/mol. The van der Waals surface area contributed by atoms with E-state index in [0.717, 1.165) is 38.5 Å². The number of carbonyl (C=O) groups is 1. The van der Waals surface area contributed by atoms with E-state index in [2.05, 4.69) is 5.32 Å². The molecule has 0 aromatic heterocycles. The molecule has 3 N–H and O–H groups in total. The number of nitrogens with one attached hydrogen (secondary N) is 1. The Morgan fingerprint density at radius 1 is 1.22 bits per heavy atom. The zero-order chi connectivity index (χ0) is 15.6. The second-order valence-electron chi connectivity index (χ2n) is 6.49. The van der Waals surface area contributed by atoms with E-state index in [1.165, 1.54) is 12.8 Å². The van der Waals surface area contributed by atoms with Gasteiger partial charge in [-0.3, -0.25) is 4.79 Å². The van der Waals surface area contributed by atoms with Gasteiger partial charge < -0.3 is 15.8 Å². The van der Waals surface area contributed by atoms with Crippen LogP contribution in [0.25, 0.3) is 0 Å². The molecule has 1 aromatic carbocycles. The zero-order valence-electron chi connectivity index (χ0n) is 13.1. The van der Waals surface area contributed by atoms with Crippen LogP contribution in [0.15, 0.2) is 18.2 Å². The molecule has 23 heavy (non-hydrogen) atoms. The normalized spacial score (nSPS) is 20.1. The first-order valence-corrected chi connectivity index (χ1v) is 8.51. The molecule has 4 nitrogen and oxygen atoms in total. The van der Waals surface area contributed by atoms with E-state index in [-0.39, 0.29) is 24.4 Å². The second-order valence-corrected chi connectivity index (χ2v) is 6.89. The quantitative estimate of drug-likeness (QED) is 0.843. The van der Waals surface area contributed by atoms with E-state index in [1.54, 1.807) is 6.07 Å². The number of benzene rings is 1. The van der Waals surface area contributed by atoms with Gasteiger partial charge in [-0.15, -0.1) is 12.4 Å². The molecule has 0 bridgehead atoms. The fourth-order valence-corrected chi connectivity index (χ4v) is 3.57. The average molecular weight is 359 g/mol. The minimum atomic E-state index is -0.731. The molecule has 2 aliphatic rings. The third-order valence-corrected chi connectivity index (χ3v) is 5.03. The fraction of sp³-hybridized carbons (Fsp3) is 0.588. The van der Waals surface area contributed by atoms with Crippen LogP contribution in [0.5, 0.6) is 5.75 Å². The predicted molar refractivity (Wildman–Crippen MR) is 95.6 cm³/mol. The Kier molecular flexibility index (Phi) is 6.18. The van der Waals surface area contributed by atoms with Gasteiger partial charge in [0.2, 0.25) is 5.91 Å². The van der Waals surface area contributed by atoms with Crippen molar-refractivity contribution in [1.82, 2.24) is 0 Å². The van der Waals surface area contributed by atoms with Gasteiger partial charge >= 0.3 is 0 Å². The standard InChI is InChI=1S/C17H23ClN2O2.ClH/c18-14-11-12(20-16(21)17(19)9-3-4-10-17)7-8-15(14)22-13-5-1-2-6-13;/h7-8,11,13H,1-6,9-10,19H2,(H,20,21);1H. The van der Waals surface area contributed by atoms with Gasteiger partial charge in [0.1, 0.15) is 5.75 Å². The van der Waals surface area contributed by atoms with Crippen LogP contribution in [0.1, 0.15) is 51.4 Å². The van der Waals surface area contributed by atoms with Gasteiger partial charge in [0.05, 0.1) is 16.7 Å². The number of carbonyl (C=O) groups excluding carboxylic acids is 1. The molecular formula is C17H24Cl2N2O2. The molecule has 0 radical (unpaired) electrons. The van der Waals surface area contributed by atoms with Crippen molar-refractivity contribution >= 4 is 35.6 Å². The van der Waals surface area contributed by atoms with Gasteiger partial charge in [0.15, 0.2) is 0 Å². The molecule has 0 aliphatic heterocycles. The van der Waals surface area contributed by atoms with Crippen molar-refractivity contribution in [2.75, 3.05) is 5.32 Å². The van der Waals surface area contributed by atoms with Crippen molar-refractivity contribution in [3.05, 3.63) is 23.2 Å². The Balaban J connectivity index is 0.00000192. The predicted octanol–water partition coefficient (Wildman–Crippen LogP) is 4.29. The van der Waals surface area contributed by atoms with E-state index in [0.29, 0.717) is 16.5 Å². The molecule has 0 saturated heterocycles. The Bertz CT molecular complexity index is 554. The summed E-state index contributed by atoms with van der Waals surface area (Å²) in [6.07, 6.45) is 8.39. The Labute approximate surface area is 148 Å². The minimum Gasteiger partial charge on any atom is -0.489 e. The Hall–Kier alpha value is -0.970. The number of rotatable bonds is 4. The summed E-state index contributed by atoms with van der Waals surface area (Å²) in [5.74, 6) is 0.570. The molecule has 0 spiro atoms.